The average Bonchev–Trinajstić information content (AvgIpc) is 2.74. The Labute approximate surface area is 160 Å². The van der Waals surface area contributed by atoms with Gasteiger partial charge < -0.3 is 4.74 Å². The van der Waals surface area contributed by atoms with Crippen LogP contribution in [0.1, 0.15) is 29.8 Å². The molecule has 1 heterocycles. The van der Waals surface area contributed by atoms with Crippen LogP contribution in [0, 0.1) is 0 Å². The minimum Gasteiger partial charge on any atom is -0.497 e. The van der Waals surface area contributed by atoms with Crippen molar-refractivity contribution in [1.29, 1.82) is 0 Å². The van der Waals surface area contributed by atoms with Gasteiger partial charge in [0.2, 0.25) is 0 Å². The van der Waals surface area contributed by atoms with E-state index >= 15 is 0 Å². The van der Waals surface area contributed by atoms with E-state index in [-0.39, 0.29) is 6.04 Å². The fourth-order valence-corrected chi connectivity index (χ4v) is 3.71. The predicted octanol–water partition coefficient (Wildman–Crippen LogP) is 5.34. The molecule has 0 aliphatic heterocycles. The van der Waals surface area contributed by atoms with Gasteiger partial charge in [0.25, 0.3) is 0 Å². The van der Waals surface area contributed by atoms with E-state index in [4.69, 9.17) is 4.74 Å². The van der Waals surface area contributed by atoms with Crippen molar-refractivity contribution < 1.29 is 9.30 Å². The molecule has 0 fully saturated rings. The zero-order valence-corrected chi connectivity index (χ0v) is 15.8. The number of methoxy groups -OCH3 is 1. The third-order valence-corrected chi connectivity index (χ3v) is 5.20. The van der Waals surface area contributed by atoms with E-state index in [1.54, 1.807) is 7.11 Å². The Morgan fingerprint density at radius 1 is 0.852 bits per heavy atom. The Morgan fingerprint density at radius 2 is 1.63 bits per heavy atom. The molecule has 4 rings (SSSR count). The Kier molecular flexibility index (Phi) is 4.88. The third-order valence-electron chi connectivity index (χ3n) is 5.20. The van der Waals surface area contributed by atoms with Crippen LogP contribution in [0.25, 0.3) is 10.8 Å². The van der Waals surface area contributed by atoms with Crippen molar-refractivity contribution in [3.05, 3.63) is 108 Å². The Balaban J connectivity index is 1.85. The largest absolute Gasteiger partial charge is 0.497 e. The van der Waals surface area contributed by atoms with Gasteiger partial charge in [-0.25, -0.2) is 0 Å². The predicted molar refractivity (Wildman–Crippen MR) is 110 cm³/mol. The van der Waals surface area contributed by atoms with Crippen LogP contribution in [0.3, 0.4) is 0 Å². The summed E-state index contributed by atoms with van der Waals surface area (Å²) in [5.41, 5.74) is 3.88. The second-order valence-electron chi connectivity index (χ2n) is 6.87. The molecule has 2 nitrogen and oxygen atoms in total. The normalized spacial score (nSPS) is 12.1. The Hall–Kier alpha value is -3.13. The zero-order chi connectivity index (χ0) is 18.6. The van der Waals surface area contributed by atoms with E-state index in [2.05, 4.69) is 96.6 Å². The van der Waals surface area contributed by atoms with Crippen LogP contribution >= 0.6 is 0 Å². The molecule has 0 N–H and O–H groups in total. The lowest BCUT2D eigenvalue weighted by Gasteiger charge is -2.14. The summed E-state index contributed by atoms with van der Waals surface area (Å²) in [4.78, 5) is 0. The molecule has 0 aliphatic carbocycles. The fourth-order valence-electron chi connectivity index (χ4n) is 3.71. The van der Waals surface area contributed by atoms with Gasteiger partial charge in [-0.15, -0.1) is 0 Å². The number of pyridine rings is 1. The molecule has 27 heavy (non-hydrogen) atoms. The number of nitrogens with zero attached hydrogens (tertiary/aromatic N) is 1. The molecule has 0 bridgehead atoms. The molecule has 0 spiro atoms. The molecular weight excluding hydrogens is 330 g/mol. The number of hydrogen-bond donors (Lipinski definition) is 0. The minimum absolute atomic E-state index is 0.261. The number of aromatic nitrogens is 1. The molecule has 1 aromatic heterocycles. The van der Waals surface area contributed by atoms with Gasteiger partial charge in [0.1, 0.15) is 5.75 Å². The van der Waals surface area contributed by atoms with Crippen molar-refractivity contribution in [2.45, 2.75) is 19.4 Å². The van der Waals surface area contributed by atoms with Gasteiger partial charge in [-0.05, 0) is 29.1 Å². The van der Waals surface area contributed by atoms with Gasteiger partial charge in [0.05, 0.1) is 13.5 Å². The number of ether oxygens (including phenoxy) is 1. The highest BCUT2D eigenvalue weighted by Crippen LogP contribution is 2.23. The van der Waals surface area contributed by atoms with E-state index in [1.807, 2.05) is 6.07 Å². The highest BCUT2D eigenvalue weighted by Gasteiger charge is 2.22. The summed E-state index contributed by atoms with van der Waals surface area (Å²) < 4.78 is 7.82. The smallest absolute Gasteiger partial charge is 0.194 e. The first-order chi connectivity index (χ1) is 13.3. The molecular formula is C25H24NO+. The SMILES string of the molecule is COc1cccc(Cc2c3ccccc3cc[n+]2[C@@H](C)c2ccccc2)c1. The van der Waals surface area contributed by atoms with Gasteiger partial charge in [-0.2, -0.15) is 4.57 Å². The van der Waals surface area contributed by atoms with Gasteiger partial charge in [0, 0.05) is 23.9 Å². The van der Waals surface area contributed by atoms with Crippen LogP contribution in [0.15, 0.2) is 91.1 Å². The van der Waals surface area contributed by atoms with Crippen LogP contribution in [0.4, 0.5) is 0 Å². The van der Waals surface area contributed by atoms with E-state index < -0.39 is 0 Å². The summed E-state index contributed by atoms with van der Waals surface area (Å²) in [6, 6.07) is 30.1. The Bertz CT molecular complexity index is 1060. The van der Waals surface area contributed by atoms with Crippen molar-refractivity contribution in [2.24, 2.45) is 0 Å². The molecule has 3 aromatic carbocycles. The molecule has 0 saturated carbocycles. The third kappa shape index (κ3) is 3.56. The first-order valence-electron chi connectivity index (χ1n) is 9.36. The van der Waals surface area contributed by atoms with Crippen molar-refractivity contribution in [3.8, 4) is 5.75 Å². The molecule has 0 amide bonds. The first-order valence-corrected chi connectivity index (χ1v) is 9.36. The number of hydrogen-bond acceptors (Lipinski definition) is 1. The molecule has 2 heteroatoms. The second kappa shape index (κ2) is 7.63. The lowest BCUT2D eigenvalue weighted by molar-refractivity contribution is -0.715. The maximum absolute atomic E-state index is 5.42. The number of rotatable bonds is 5. The summed E-state index contributed by atoms with van der Waals surface area (Å²) >= 11 is 0. The van der Waals surface area contributed by atoms with E-state index in [0.29, 0.717) is 0 Å². The van der Waals surface area contributed by atoms with Gasteiger partial charge in [0.15, 0.2) is 17.9 Å². The van der Waals surface area contributed by atoms with E-state index in [1.165, 1.54) is 27.6 Å². The molecule has 1 atom stereocenters. The summed E-state index contributed by atoms with van der Waals surface area (Å²) in [7, 11) is 1.72. The molecule has 134 valence electrons. The maximum atomic E-state index is 5.42. The highest BCUT2D eigenvalue weighted by atomic mass is 16.5. The molecule has 0 aliphatic rings. The van der Waals surface area contributed by atoms with Crippen LogP contribution in [0.2, 0.25) is 0 Å². The molecule has 0 saturated heterocycles. The maximum Gasteiger partial charge on any atom is 0.194 e. The van der Waals surface area contributed by atoms with Crippen molar-refractivity contribution in [3.63, 3.8) is 0 Å². The second-order valence-corrected chi connectivity index (χ2v) is 6.87. The van der Waals surface area contributed by atoms with Crippen LogP contribution < -0.4 is 9.30 Å². The lowest BCUT2D eigenvalue weighted by Crippen LogP contribution is -2.42. The van der Waals surface area contributed by atoms with Gasteiger partial charge in [-0.1, -0.05) is 60.7 Å². The topological polar surface area (TPSA) is 13.1 Å². The number of fused-ring (bicyclic) bond motifs is 1. The summed E-state index contributed by atoms with van der Waals surface area (Å²) in [6.45, 7) is 2.26. The minimum atomic E-state index is 0.261. The molecule has 0 radical (unpaired) electrons. The zero-order valence-electron chi connectivity index (χ0n) is 15.8. The van der Waals surface area contributed by atoms with E-state index in [9.17, 15) is 0 Å². The fraction of sp³-hybridized carbons (Fsp3) is 0.160. The first kappa shape index (κ1) is 17.3. The van der Waals surface area contributed by atoms with Crippen LogP contribution in [-0.2, 0) is 6.42 Å². The average molecular weight is 354 g/mol. The van der Waals surface area contributed by atoms with Crippen LogP contribution in [-0.4, -0.2) is 7.11 Å². The van der Waals surface area contributed by atoms with Crippen molar-refractivity contribution >= 4 is 10.8 Å². The standard InChI is InChI=1S/C25H24NO/c1-19(21-10-4-3-5-11-21)26-16-15-22-12-6-7-14-24(22)25(26)18-20-9-8-13-23(17-20)27-2/h3-17,19H,18H2,1-2H3/q+1/t19-/m0/s1. The molecule has 0 unspecified atom stereocenters. The van der Waals surface area contributed by atoms with Crippen molar-refractivity contribution in [1.82, 2.24) is 0 Å². The Morgan fingerprint density at radius 3 is 2.44 bits per heavy atom. The van der Waals surface area contributed by atoms with Gasteiger partial charge in [-0.3, -0.25) is 0 Å². The lowest BCUT2D eigenvalue weighted by atomic mass is 10.0. The van der Waals surface area contributed by atoms with E-state index in [0.717, 1.165) is 12.2 Å². The van der Waals surface area contributed by atoms with Crippen molar-refractivity contribution in [2.75, 3.05) is 7.11 Å². The summed E-state index contributed by atoms with van der Waals surface area (Å²) in [6.07, 6.45) is 3.07. The summed E-state index contributed by atoms with van der Waals surface area (Å²) in [5.74, 6) is 0.899. The number of benzene rings is 3. The van der Waals surface area contributed by atoms with Crippen LogP contribution in [0.5, 0.6) is 5.75 Å². The quantitative estimate of drug-likeness (QED) is 0.441. The van der Waals surface area contributed by atoms with Gasteiger partial charge >= 0.3 is 0 Å². The summed E-state index contributed by atoms with van der Waals surface area (Å²) in [5, 5.41) is 2.57. The molecule has 4 aromatic rings. The monoisotopic (exact) mass is 354 g/mol. The highest BCUT2D eigenvalue weighted by molar-refractivity contribution is 5.83.